The monoisotopic (exact) mass is 288 g/mol. The molecule has 1 aliphatic rings. The van der Waals surface area contributed by atoms with E-state index in [1.165, 1.54) is 11.0 Å². The molecule has 1 saturated carbocycles. The number of halogens is 1. The van der Waals surface area contributed by atoms with Gasteiger partial charge in [-0.05, 0) is 37.5 Å². The SMILES string of the molecule is Cc1c(F)cccc1C(=O)N(C)Cc1cc(C2CC2)on1. The quantitative estimate of drug-likeness (QED) is 0.867. The first-order valence-corrected chi connectivity index (χ1v) is 7.02. The number of carbonyl (C=O) groups excluding carboxylic acids is 1. The summed E-state index contributed by atoms with van der Waals surface area (Å²) in [5.74, 6) is 0.806. The van der Waals surface area contributed by atoms with Crippen LogP contribution in [0.15, 0.2) is 28.8 Å². The molecule has 0 spiro atoms. The van der Waals surface area contributed by atoms with Gasteiger partial charge in [-0.2, -0.15) is 0 Å². The number of carbonyl (C=O) groups is 1. The lowest BCUT2D eigenvalue weighted by Crippen LogP contribution is -2.27. The predicted molar refractivity (Wildman–Crippen MR) is 75.4 cm³/mol. The Kier molecular flexibility index (Phi) is 3.49. The number of benzene rings is 1. The summed E-state index contributed by atoms with van der Waals surface area (Å²) in [6.45, 7) is 1.96. The zero-order chi connectivity index (χ0) is 15.0. The van der Waals surface area contributed by atoms with Gasteiger partial charge >= 0.3 is 0 Å². The van der Waals surface area contributed by atoms with Crippen molar-refractivity contribution in [1.82, 2.24) is 10.1 Å². The molecule has 0 atom stereocenters. The third-order valence-corrected chi connectivity index (χ3v) is 3.80. The summed E-state index contributed by atoms with van der Waals surface area (Å²) in [7, 11) is 1.68. The zero-order valence-corrected chi connectivity index (χ0v) is 12.1. The van der Waals surface area contributed by atoms with E-state index in [0.717, 1.165) is 24.3 Å². The molecule has 1 aliphatic carbocycles. The van der Waals surface area contributed by atoms with Crippen molar-refractivity contribution in [1.29, 1.82) is 0 Å². The molecular formula is C16H17FN2O2. The lowest BCUT2D eigenvalue weighted by Gasteiger charge is -2.17. The topological polar surface area (TPSA) is 46.3 Å². The minimum Gasteiger partial charge on any atom is -0.361 e. The molecule has 5 heteroatoms. The molecule has 0 N–H and O–H groups in total. The summed E-state index contributed by atoms with van der Waals surface area (Å²) in [6.07, 6.45) is 2.29. The van der Waals surface area contributed by atoms with Gasteiger partial charge in [0.25, 0.3) is 5.91 Å². The Morgan fingerprint density at radius 3 is 2.95 bits per heavy atom. The van der Waals surface area contributed by atoms with Crippen molar-refractivity contribution in [3.05, 3.63) is 52.7 Å². The Morgan fingerprint density at radius 2 is 2.24 bits per heavy atom. The fourth-order valence-electron chi connectivity index (χ4n) is 2.32. The zero-order valence-electron chi connectivity index (χ0n) is 12.1. The third kappa shape index (κ3) is 2.82. The van der Waals surface area contributed by atoms with E-state index in [4.69, 9.17) is 4.52 Å². The van der Waals surface area contributed by atoms with Gasteiger partial charge in [-0.25, -0.2) is 4.39 Å². The summed E-state index contributed by atoms with van der Waals surface area (Å²) in [5.41, 5.74) is 1.47. The van der Waals surface area contributed by atoms with E-state index in [0.29, 0.717) is 23.6 Å². The molecule has 21 heavy (non-hydrogen) atoms. The molecule has 1 amide bonds. The second-order valence-corrected chi connectivity index (χ2v) is 5.57. The number of amides is 1. The van der Waals surface area contributed by atoms with Crippen LogP contribution in [0.1, 0.15) is 46.1 Å². The van der Waals surface area contributed by atoms with Gasteiger partial charge in [0.1, 0.15) is 17.3 Å². The van der Waals surface area contributed by atoms with Crippen LogP contribution in [0.25, 0.3) is 0 Å². The Bertz CT molecular complexity index is 677. The fraction of sp³-hybridized carbons (Fsp3) is 0.375. The standard InChI is InChI=1S/C16H17FN2O2/c1-10-13(4-3-5-14(10)17)16(20)19(2)9-12-8-15(21-18-12)11-6-7-11/h3-5,8,11H,6-7,9H2,1-2H3. The maximum atomic E-state index is 13.5. The lowest BCUT2D eigenvalue weighted by molar-refractivity contribution is 0.0781. The van der Waals surface area contributed by atoms with Gasteiger partial charge in [-0.3, -0.25) is 4.79 Å². The van der Waals surface area contributed by atoms with Crippen molar-refractivity contribution in [2.24, 2.45) is 0 Å². The largest absolute Gasteiger partial charge is 0.361 e. The number of nitrogens with zero attached hydrogens (tertiary/aromatic N) is 2. The molecule has 1 aromatic heterocycles. The molecule has 0 bridgehead atoms. The third-order valence-electron chi connectivity index (χ3n) is 3.80. The molecule has 3 rings (SSSR count). The number of hydrogen-bond acceptors (Lipinski definition) is 3. The van der Waals surface area contributed by atoms with E-state index in [1.54, 1.807) is 26.1 Å². The predicted octanol–water partition coefficient (Wildman–Crippen LogP) is 3.27. The summed E-state index contributed by atoms with van der Waals surface area (Å²) in [5, 5.41) is 3.99. The van der Waals surface area contributed by atoms with Gasteiger partial charge in [0.05, 0.1) is 6.54 Å². The maximum Gasteiger partial charge on any atom is 0.254 e. The minimum atomic E-state index is -0.369. The molecule has 0 unspecified atom stereocenters. The van der Waals surface area contributed by atoms with Gasteiger partial charge in [0, 0.05) is 24.6 Å². The highest BCUT2D eigenvalue weighted by Crippen LogP contribution is 2.40. The van der Waals surface area contributed by atoms with Gasteiger partial charge in [0.15, 0.2) is 0 Å². The molecule has 1 aromatic carbocycles. The van der Waals surface area contributed by atoms with Crippen LogP contribution in [0.5, 0.6) is 0 Å². The van der Waals surface area contributed by atoms with Crippen molar-refractivity contribution in [3.8, 4) is 0 Å². The molecule has 1 fully saturated rings. The van der Waals surface area contributed by atoms with Crippen molar-refractivity contribution < 1.29 is 13.7 Å². The van der Waals surface area contributed by atoms with Crippen LogP contribution in [0.3, 0.4) is 0 Å². The lowest BCUT2D eigenvalue weighted by atomic mass is 10.1. The van der Waals surface area contributed by atoms with Gasteiger partial charge in [-0.15, -0.1) is 0 Å². The maximum absolute atomic E-state index is 13.5. The first-order valence-electron chi connectivity index (χ1n) is 7.02. The second-order valence-electron chi connectivity index (χ2n) is 5.57. The summed E-state index contributed by atoms with van der Waals surface area (Å²) < 4.78 is 18.8. The summed E-state index contributed by atoms with van der Waals surface area (Å²) in [6, 6.07) is 6.44. The molecule has 0 aliphatic heterocycles. The summed E-state index contributed by atoms with van der Waals surface area (Å²) in [4.78, 5) is 13.9. The summed E-state index contributed by atoms with van der Waals surface area (Å²) >= 11 is 0. The number of rotatable bonds is 4. The van der Waals surface area contributed by atoms with Crippen LogP contribution in [-0.2, 0) is 6.54 Å². The van der Waals surface area contributed by atoms with Crippen molar-refractivity contribution >= 4 is 5.91 Å². The highest BCUT2D eigenvalue weighted by molar-refractivity contribution is 5.95. The van der Waals surface area contributed by atoms with Crippen LogP contribution in [-0.4, -0.2) is 23.0 Å². The van der Waals surface area contributed by atoms with Crippen LogP contribution >= 0.6 is 0 Å². The average molecular weight is 288 g/mol. The second kappa shape index (κ2) is 5.31. The molecule has 0 radical (unpaired) electrons. The first-order chi connectivity index (χ1) is 10.1. The van der Waals surface area contributed by atoms with Crippen molar-refractivity contribution in [2.45, 2.75) is 32.2 Å². The Hall–Kier alpha value is -2.17. The normalized spacial score (nSPS) is 14.2. The molecule has 2 aromatic rings. The smallest absolute Gasteiger partial charge is 0.254 e. The Morgan fingerprint density at radius 1 is 1.48 bits per heavy atom. The first kappa shape index (κ1) is 13.8. The highest BCUT2D eigenvalue weighted by Gasteiger charge is 2.28. The number of aromatic nitrogens is 1. The van der Waals surface area contributed by atoms with Gasteiger partial charge in [0.2, 0.25) is 0 Å². The van der Waals surface area contributed by atoms with E-state index in [1.807, 2.05) is 6.07 Å². The minimum absolute atomic E-state index is 0.219. The molecule has 4 nitrogen and oxygen atoms in total. The van der Waals surface area contributed by atoms with Crippen LogP contribution < -0.4 is 0 Å². The van der Waals surface area contributed by atoms with Crippen LogP contribution in [0.2, 0.25) is 0 Å². The molecular weight excluding hydrogens is 271 g/mol. The van der Waals surface area contributed by atoms with Gasteiger partial charge < -0.3 is 9.42 Å². The van der Waals surface area contributed by atoms with E-state index < -0.39 is 0 Å². The van der Waals surface area contributed by atoms with E-state index in [2.05, 4.69) is 5.16 Å². The van der Waals surface area contributed by atoms with E-state index in [-0.39, 0.29) is 11.7 Å². The van der Waals surface area contributed by atoms with Gasteiger partial charge in [-0.1, -0.05) is 11.2 Å². The van der Waals surface area contributed by atoms with Crippen molar-refractivity contribution in [3.63, 3.8) is 0 Å². The van der Waals surface area contributed by atoms with Crippen LogP contribution in [0.4, 0.5) is 4.39 Å². The molecule has 0 saturated heterocycles. The van der Waals surface area contributed by atoms with E-state index >= 15 is 0 Å². The molecule has 1 heterocycles. The Labute approximate surface area is 122 Å². The molecule has 110 valence electrons. The fourth-order valence-corrected chi connectivity index (χ4v) is 2.32. The van der Waals surface area contributed by atoms with Crippen LogP contribution in [0, 0.1) is 12.7 Å². The van der Waals surface area contributed by atoms with Crippen molar-refractivity contribution in [2.75, 3.05) is 7.05 Å². The number of hydrogen-bond donors (Lipinski definition) is 0. The van der Waals surface area contributed by atoms with E-state index in [9.17, 15) is 9.18 Å². The highest BCUT2D eigenvalue weighted by atomic mass is 19.1. The Balaban J connectivity index is 1.72. The average Bonchev–Trinajstić information content (AvgIpc) is 3.22.